The first-order chi connectivity index (χ1) is 11.0. The van der Waals surface area contributed by atoms with Crippen LogP contribution in [0.15, 0.2) is 24.3 Å². The van der Waals surface area contributed by atoms with Gasteiger partial charge in [0.05, 0.1) is 14.6 Å². The van der Waals surface area contributed by atoms with Crippen molar-refractivity contribution in [3.8, 4) is 0 Å². The average molecular weight is 349 g/mol. The highest BCUT2D eigenvalue weighted by Gasteiger charge is 2.48. The lowest BCUT2D eigenvalue weighted by molar-refractivity contribution is -0.0377. The maximum Gasteiger partial charge on any atom is 0.261 e. The Morgan fingerprint density at radius 2 is 2.09 bits per heavy atom. The Hall–Kier alpha value is -1.10. The van der Waals surface area contributed by atoms with E-state index in [1.807, 2.05) is 24.3 Å². The number of benzene rings is 1. The second-order valence-electron chi connectivity index (χ2n) is 7.20. The van der Waals surface area contributed by atoms with Gasteiger partial charge in [-0.25, -0.2) is 0 Å². The van der Waals surface area contributed by atoms with Crippen LogP contribution in [0, 0.1) is 5.92 Å². The monoisotopic (exact) mass is 348 g/mol. The molecule has 2 aromatic rings. The number of hydrogen-bond donors (Lipinski definition) is 1. The molecule has 3 fully saturated rings. The van der Waals surface area contributed by atoms with Gasteiger partial charge in [0.1, 0.15) is 0 Å². The summed E-state index contributed by atoms with van der Waals surface area (Å²) in [6, 6.07) is 7.98. The molecular formula is C18H21ClN2OS. The maximum atomic E-state index is 12.8. The van der Waals surface area contributed by atoms with Crippen molar-refractivity contribution in [3.63, 3.8) is 0 Å². The first-order valence-electron chi connectivity index (χ1n) is 8.21. The number of nitrogens with zero attached hydrogens (tertiary/aromatic N) is 1. The second kappa shape index (κ2) is 5.47. The van der Waals surface area contributed by atoms with E-state index in [0.717, 1.165) is 33.1 Å². The normalized spacial score (nSPS) is 28.9. The number of thiophene rings is 1. The number of halogens is 1. The van der Waals surface area contributed by atoms with Crippen molar-refractivity contribution in [1.29, 1.82) is 0 Å². The Bertz CT molecular complexity index is 761. The van der Waals surface area contributed by atoms with Crippen LogP contribution in [0.2, 0.25) is 5.02 Å². The fraction of sp³-hybridized carbons (Fsp3) is 0.500. The number of rotatable bonds is 2. The van der Waals surface area contributed by atoms with E-state index in [0.29, 0.717) is 5.92 Å². The van der Waals surface area contributed by atoms with E-state index in [-0.39, 0.29) is 17.5 Å². The van der Waals surface area contributed by atoms with Gasteiger partial charge in [-0.1, -0.05) is 23.7 Å². The zero-order valence-corrected chi connectivity index (χ0v) is 15.0. The Kier molecular flexibility index (Phi) is 3.67. The fourth-order valence-electron chi connectivity index (χ4n) is 4.23. The average Bonchev–Trinajstić information content (AvgIpc) is 2.97. The van der Waals surface area contributed by atoms with Crippen LogP contribution in [0.3, 0.4) is 0 Å². The second-order valence-corrected chi connectivity index (χ2v) is 8.66. The zero-order valence-electron chi connectivity index (χ0n) is 13.4. The van der Waals surface area contributed by atoms with E-state index >= 15 is 0 Å². The molecule has 3 aliphatic heterocycles. The molecule has 2 bridgehead atoms. The predicted octanol–water partition coefficient (Wildman–Crippen LogP) is 4.16. The molecule has 1 amide bonds. The van der Waals surface area contributed by atoms with Crippen molar-refractivity contribution in [1.82, 2.24) is 10.2 Å². The number of carbonyl (C=O) groups excluding carboxylic acids is 1. The fourth-order valence-corrected chi connectivity index (χ4v) is 5.49. The van der Waals surface area contributed by atoms with Gasteiger partial charge in [0, 0.05) is 11.6 Å². The van der Waals surface area contributed by atoms with Crippen LogP contribution < -0.4 is 5.32 Å². The summed E-state index contributed by atoms with van der Waals surface area (Å²) >= 11 is 7.72. The smallest absolute Gasteiger partial charge is 0.261 e. The quantitative estimate of drug-likeness (QED) is 0.883. The van der Waals surface area contributed by atoms with Gasteiger partial charge in [-0.05, 0) is 63.2 Å². The third kappa shape index (κ3) is 2.48. The third-order valence-corrected chi connectivity index (χ3v) is 7.20. The van der Waals surface area contributed by atoms with Crippen molar-refractivity contribution < 1.29 is 4.79 Å². The van der Waals surface area contributed by atoms with Crippen molar-refractivity contribution in [2.45, 2.75) is 38.3 Å². The lowest BCUT2D eigenvalue weighted by Gasteiger charge is -2.56. The van der Waals surface area contributed by atoms with Gasteiger partial charge in [0.25, 0.3) is 5.91 Å². The van der Waals surface area contributed by atoms with E-state index < -0.39 is 0 Å². The maximum absolute atomic E-state index is 12.8. The largest absolute Gasteiger partial charge is 0.346 e. The van der Waals surface area contributed by atoms with Crippen LogP contribution in [0.5, 0.6) is 0 Å². The van der Waals surface area contributed by atoms with Crippen LogP contribution in [0.4, 0.5) is 0 Å². The van der Waals surface area contributed by atoms with Gasteiger partial charge < -0.3 is 5.32 Å². The molecule has 3 aliphatic rings. The molecule has 23 heavy (non-hydrogen) atoms. The standard InChI is InChI=1S/C18H21ClN2OS/c1-18(2)16(11-6-8-21(18)9-7-11)20-17(22)14-10-12-4-3-5-13(19)15(12)23-14/h3-5,10-11,16H,6-9H2,1-2H3,(H,20,22)/t16-/m0/s1. The molecular weight excluding hydrogens is 328 g/mol. The van der Waals surface area contributed by atoms with Crippen molar-refractivity contribution in [2.75, 3.05) is 13.1 Å². The molecule has 0 aliphatic carbocycles. The number of carbonyl (C=O) groups is 1. The summed E-state index contributed by atoms with van der Waals surface area (Å²) in [5.41, 5.74) is 0.0329. The molecule has 0 spiro atoms. The van der Waals surface area contributed by atoms with Crippen LogP contribution in [0.25, 0.3) is 10.1 Å². The molecule has 0 unspecified atom stereocenters. The summed E-state index contributed by atoms with van der Waals surface area (Å²) in [5, 5.41) is 5.08. The van der Waals surface area contributed by atoms with Crippen molar-refractivity contribution in [2.24, 2.45) is 5.92 Å². The van der Waals surface area contributed by atoms with E-state index in [9.17, 15) is 4.79 Å². The van der Waals surface area contributed by atoms with Gasteiger partial charge in [-0.15, -0.1) is 11.3 Å². The van der Waals surface area contributed by atoms with E-state index in [1.165, 1.54) is 24.2 Å². The highest BCUT2D eigenvalue weighted by molar-refractivity contribution is 7.21. The summed E-state index contributed by atoms with van der Waals surface area (Å²) in [6.45, 7) is 6.82. The van der Waals surface area contributed by atoms with Gasteiger partial charge >= 0.3 is 0 Å². The highest BCUT2D eigenvalue weighted by atomic mass is 35.5. The number of fused-ring (bicyclic) bond motifs is 4. The molecule has 1 aromatic carbocycles. The van der Waals surface area contributed by atoms with Crippen LogP contribution in [0.1, 0.15) is 36.4 Å². The molecule has 5 heteroatoms. The molecule has 0 saturated carbocycles. The predicted molar refractivity (Wildman–Crippen MR) is 96.5 cm³/mol. The SMILES string of the molecule is CC1(C)[C@@H](NC(=O)c2cc3cccc(Cl)c3s2)C2CCN1CC2. The Balaban J connectivity index is 1.60. The van der Waals surface area contributed by atoms with Crippen LogP contribution in [-0.2, 0) is 0 Å². The molecule has 3 saturated heterocycles. The molecule has 3 nitrogen and oxygen atoms in total. The number of piperidine rings is 3. The molecule has 122 valence electrons. The molecule has 1 atom stereocenters. The molecule has 1 aromatic heterocycles. The summed E-state index contributed by atoms with van der Waals surface area (Å²) < 4.78 is 0.993. The minimum absolute atomic E-state index is 0.0329. The molecule has 1 N–H and O–H groups in total. The summed E-state index contributed by atoms with van der Waals surface area (Å²) in [4.78, 5) is 16.1. The highest BCUT2D eigenvalue weighted by Crippen LogP contribution is 2.39. The molecule has 0 radical (unpaired) electrons. The topological polar surface area (TPSA) is 32.3 Å². The number of amides is 1. The van der Waals surface area contributed by atoms with E-state index in [4.69, 9.17) is 11.6 Å². The Labute approximate surface area is 145 Å². The third-order valence-electron chi connectivity index (χ3n) is 5.59. The zero-order chi connectivity index (χ0) is 16.2. The van der Waals surface area contributed by atoms with Gasteiger partial charge in [-0.3, -0.25) is 9.69 Å². The van der Waals surface area contributed by atoms with E-state index in [1.54, 1.807) is 0 Å². The lowest BCUT2D eigenvalue weighted by Crippen LogP contribution is -2.69. The molecule has 5 rings (SSSR count). The summed E-state index contributed by atoms with van der Waals surface area (Å²) in [6.07, 6.45) is 2.37. The lowest BCUT2D eigenvalue weighted by atomic mass is 9.72. The van der Waals surface area contributed by atoms with Crippen molar-refractivity contribution in [3.05, 3.63) is 34.2 Å². The first kappa shape index (κ1) is 15.4. The van der Waals surface area contributed by atoms with Gasteiger partial charge in [-0.2, -0.15) is 0 Å². The van der Waals surface area contributed by atoms with Gasteiger partial charge in [0.2, 0.25) is 0 Å². The minimum atomic E-state index is 0.0329. The molecule has 4 heterocycles. The van der Waals surface area contributed by atoms with E-state index in [2.05, 4.69) is 24.1 Å². The van der Waals surface area contributed by atoms with Crippen LogP contribution in [-0.4, -0.2) is 35.5 Å². The van der Waals surface area contributed by atoms with Gasteiger partial charge in [0.15, 0.2) is 0 Å². The minimum Gasteiger partial charge on any atom is -0.346 e. The van der Waals surface area contributed by atoms with Crippen molar-refractivity contribution >= 4 is 38.9 Å². The van der Waals surface area contributed by atoms with Crippen LogP contribution >= 0.6 is 22.9 Å². The number of nitrogens with one attached hydrogen (secondary N) is 1. The summed E-state index contributed by atoms with van der Waals surface area (Å²) in [5.74, 6) is 0.631. The first-order valence-corrected chi connectivity index (χ1v) is 9.40. The Morgan fingerprint density at radius 3 is 2.74 bits per heavy atom. The Morgan fingerprint density at radius 1 is 1.35 bits per heavy atom. The number of hydrogen-bond acceptors (Lipinski definition) is 3. The summed E-state index contributed by atoms with van der Waals surface area (Å²) in [7, 11) is 0.